The highest BCUT2D eigenvalue weighted by Crippen LogP contribution is 2.16. The molecule has 1 heterocycles. The molecule has 3 nitrogen and oxygen atoms in total. The third kappa shape index (κ3) is 1.46. The van der Waals surface area contributed by atoms with E-state index in [1.807, 2.05) is 0 Å². The third-order valence-corrected chi connectivity index (χ3v) is 3.84. The first kappa shape index (κ1) is 9.39. The van der Waals surface area contributed by atoms with Gasteiger partial charge in [-0.05, 0) is 44.3 Å². The molecule has 2 rings (SSSR count). The summed E-state index contributed by atoms with van der Waals surface area (Å²) in [5.41, 5.74) is 3.40. The van der Waals surface area contributed by atoms with E-state index in [-0.39, 0.29) is 0 Å². The summed E-state index contributed by atoms with van der Waals surface area (Å²) < 4.78 is 2.10. The number of benzene rings is 1. The summed E-state index contributed by atoms with van der Waals surface area (Å²) in [6, 6.07) is 6.31. The molecule has 2 aromatic rings. The monoisotopic (exact) mass is 205 g/mol. The van der Waals surface area contributed by atoms with Gasteiger partial charge in [0.05, 0.1) is 5.52 Å². The van der Waals surface area contributed by atoms with Gasteiger partial charge >= 0.3 is 0 Å². The molecule has 0 radical (unpaired) electrons. The van der Waals surface area contributed by atoms with Crippen molar-refractivity contribution < 1.29 is 0 Å². The molecule has 1 aromatic heterocycles. The van der Waals surface area contributed by atoms with Crippen molar-refractivity contribution in [2.45, 2.75) is 26.6 Å². The van der Waals surface area contributed by atoms with E-state index in [1.165, 1.54) is 5.56 Å². The van der Waals surface area contributed by atoms with Crippen molar-refractivity contribution >= 4 is 19.3 Å². The molecule has 4 heteroatoms. The van der Waals surface area contributed by atoms with Crippen molar-refractivity contribution in [3.63, 3.8) is 0 Å². The first-order valence-corrected chi connectivity index (χ1v) is 8.26. The van der Waals surface area contributed by atoms with Crippen molar-refractivity contribution in [1.29, 1.82) is 0 Å². The maximum absolute atomic E-state index is 4.24. The summed E-state index contributed by atoms with van der Waals surface area (Å²) in [5.74, 6) is 0. The van der Waals surface area contributed by atoms with Gasteiger partial charge in [0.1, 0.15) is 5.52 Å². The largest absolute Gasteiger partial charge is 0.275 e. The van der Waals surface area contributed by atoms with Crippen LogP contribution in [0.25, 0.3) is 11.0 Å². The quantitative estimate of drug-likeness (QED) is 0.669. The minimum absolute atomic E-state index is 1.01. The molecule has 0 aliphatic heterocycles. The number of nitrogens with zero attached hydrogens (tertiary/aromatic N) is 3. The summed E-state index contributed by atoms with van der Waals surface area (Å²) in [6.07, 6.45) is 0. The zero-order chi connectivity index (χ0) is 10.3. The second-order valence-corrected chi connectivity index (χ2v) is 9.43. The number of fused-ring (bicyclic) bond motifs is 1. The summed E-state index contributed by atoms with van der Waals surface area (Å²) in [7, 11) is -1.42. The number of aryl methyl sites for hydroxylation is 1. The molecule has 0 amide bonds. The molecule has 14 heavy (non-hydrogen) atoms. The second-order valence-electron chi connectivity index (χ2n) is 4.66. The van der Waals surface area contributed by atoms with Gasteiger partial charge in [-0.25, -0.2) is 0 Å². The van der Waals surface area contributed by atoms with Crippen molar-refractivity contribution in [2.24, 2.45) is 0 Å². The van der Waals surface area contributed by atoms with Crippen molar-refractivity contribution in [2.75, 3.05) is 0 Å². The zero-order valence-corrected chi connectivity index (χ0v) is 10.1. The van der Waals surface area contributed by atoms with Crippen LogP contribution in [-0.4, -0.2) is 22.9 Å². The standard InChI is InChI=1S/C10H15N3Si/c1-8-5-6-10-9(7-8)11-12-13(10)14(2,3)4/h5-7H,1-4H3. The fraction of sp³-hybridized carbons (Fsp3) is 0.400. The molecule has 0 unspecified atom stereocenters. The predicted molar refractivity (Wildman–Crippen MR) is 61.0 cm³/mol. The number of hydrogen-bond acceptors (Lipinski definition) is 2. The fourth-order valence-electron chi connectivity index (χ4n) is 1.53. The van der Waals surface area contributed by atoms with Gasteiger partial charge in [-0.15, -0.1) is 5.10 Å². The Hall–Kier alpha value is -1.16. The lowest BCUT2D eigenvalue weighted by Gasteiger charge is -2.16. The molecule has 0 spiro atoms. The van der Waals surface area contributed by atoms with Crippen molar-refractivity contribution in [1.82, 2.24) is 14.7 Å². The van der Waals surface area contributed by atoms with Gasteiger partial charge in [-0.1, -0.05) is 11.3 Å². The lowest BCUT2D eigenvalue weighted by molar-refractivity contribution is 0.862. The van der Waals surface area contributed by atoms with Crippen molar-refractivity contribution in [3.05, 3.63) is 23.8 Å². The van der Waals surface area contributed by atoms with E-state index in [4.69, 9.17) is 0 Å². The number of aromatic nitrogens is 3. The highest BCUT2D eigenvalue weighted by Gasteiger charge is 2.20. The lowest BCUT2D eigenvalue weighted by atomic mass is 10.2. The predicted octanol–water partition coefficient (Wildman–Crippen LogP) is 2.42. The molecular weight excluding hydrogens is 190 g/mol. The average molecular weight is 205 g/mol. The molecular formula is C10H15N3Si. The number of hydrogen-bond donors (Lipinski definition) is 0. The zero-order valence-electron chi connectivity index (χ0n) is 9.07. The molecule has 0 aliphatic rings. The van der Waals surface area contributed by atoms with E-state index in [0.29, 0.717) is 0 Å². The average Bonchev–Trinajstić information content (AvgIpc) is 2.45. The first-order valence-electron chi connectivity index (χ1n) is 4.81. The Balaban J connectivity index is 2.70. The van der Waals surface area contributed by atoms with E-state index < -0.39 is 8.24 Å². The Bertz CT molecular complexity index is 468. The van der Waals surface area contributed by atoms with Gasteiger partial charge in [0.15, 0.2) is 8.24 Å². The molecule has 1 aromatic carbocycles. The maximum atomic E-state index is 4.24. The Morgan fingerprint density at radius 1 is 1.21 bits per heavy atom. The minimum atomic E-state index is -1.42. The van der Waals surface area contributed by atoms with Gasteiger partial charge in [-0.3, -0.25) is 4.35 Å². The van der Waals surface area contributed by atoms with Crippen LogP contribution in [0.2, 0.25) is 19.6 Å². The summed E-state index contributed by atoms with van der Waals surface area (Å²) >= 11 is 0. The molecule has 0 N–H and O–H groups in total. The molecule has 0 bridgehead atoms. The first-order chi connectivity index (χ1) is 6.48. The highest BCUT2D eigenvalue weighted by molar-refractivity contribution is 6.74. The van der Waals surface area contributed by atoms with Crippen LogP contribution in [0.4, 0.5) is 0 Å². The van der Waals surface area contributed by atoms with Crippen LogP contribution in [0.3, 0.4) is 0 Å². The summed E-state index contributed by atoms with van der Waals surface area (Å²) in [4.78, 5) is 0. The Morgan fingerprint density at radius 2 is 1.93 bits per heavy atom. The van der Waals surface area contributed by atoms with E-state index in [1.54, 1.807) is 0 Å². The van der Waals surface area contributed by atoms with Crippen LogP contribution in [0.15, 0.2) is 18.2 Å². The Kier molecular flexibility index (Phi) is 1.96. The molecule has 0 atom stereocenters. The third-order valence-electron chi connectivity index (χ3n) is 2.24. The maximum Gasteiger partial charge on any atom is 0.179 e. The van der Waals surface area contributed by atoms with Crippen LogP contribution in [0.1, 0.15) is 5.56 Å². The Morgan fingerprint density at radius 3 is 2.57 bits per heavy atom. The fourth-order valence-corrected chi connectivity index (χ4v) is 2.75. The second kappa shape index (κ2) is 2.92. The van der Waals surface area contributed by atoms with Crippen LogP contribution in [0.5, 0.6) is 0 Å². The molecule has 0 aliphatic carbocycles. The van der Waals surface area contributed by atoms with E-state index >= 15 is 0 Å². The normalized spacial score (nSPS) is 12.3. The van der Waals surface area contributed by atoms with E-state index in [9.17, 15) is 0 Å². The van der Waals surface area contributed by atoms with E-state index in [2.05, 4.69) is 59.4 Å². The van der Waals surface area contributed by atoms with Crippen LogP contribution in [-0.2, 0) is 0 Å². The van der Waals surface area contributed by atoms with Crippen LogP contribution in [0, 0.1) is 6.92 Å². The summed E-state index contributed by atoms with van der Waals surface area (Å²) in [6.45, 7) is 8.87. The van der Waals surface area contributed by atoms with Gasteiger partial charge in [0, 0.05) is 0 Å². The Labute approximate surface area is 84.8 Å². The van der Waals surface area contributed by atoms with Crippen molar-refractivity contribution in [3.8, 4) is 0 Å². The molecule has 0 saturated carbocycles. The topological polar surface area (TPSA) is 30.7 Å². The van der Waals surface area contributed by atoms with Gasteiger partial charge < -0.3 is 0 Å². The molecule has 0 saturated heterocycles. The van der Waals surface area contributed by atoms with Crippen LogP contribution >= 0.6 is 0 Å². The summed E-state index contributed by atoms with van der Waals surface area (Å²) in [5, 5.41) is 8.43. The van der Waals surface area contributed by atoms with Gasteiger partial charge in [-0.2, -0.15) is 0 Å². The molecule has 74 valence electrons. The highest BCUT2D eigenvalue weighted by atomic mass is 28.3. The smallest absolute Gasteiger partial charge is 0.179 e. The SMILES string of the molecule is Cc1ccc2c(c1)nnn2[Si](C)(C)C. The lowest BCUT2D eigenvalue weighted by Crippen LogP contribution is -2.33. The minimum Gasteiger partial charge on any atom is -0.275 e. The van der Waals surface area contributed by atoms with E-state index in [0.717, 1.165) is 11.0 Å². The molecule has 0 fully saturated rings. The van der Waals surface area contributed by atoms with Gasteiger partial charge in [0.25, 0.3) is 0 Å². The van der Waals surface area contributed by atoms with Crippen LogP contribution < -0.4 is 0 Å². The number of rotatable bonds is 1. The van der Waals surface area contributed by atoms with Gasteiger partial charge in [0.2, 0.25) is 0 Å².